The Balaban J connectivity index is 2.54. The number of halogens is 3. The van der Waals surface area contributed by atoms with Crippen LogP contribution in [0.25, 0.3) is 0 Å². The van der Waals surface area contributed by atoms with Crippen LogP contribution in [0.2, 0.25) is 0 Å². The molecule has 1 aromatic rings. The zero-order valence-corrected chi connectivity index (χ0v) is 10.4. The van der Waals surface area contributed by atoms with Gasteiger partial charge in [0.05, 0.1) is 13.0 Å². The average molecular weight is 267 g/mol. The number of nitrogens with two attached hydrogens (primary N) is 1. The Hall–Kier alpha value is -0.590. The van der Waals surface area contributed by atoms with Crippen molar-refractivity contribution < 1.29 is 17.9 Å². The molecule has 1 aromatic heterocycles. The van der Waals surface area contributed by atoms with Crippen LogP contribution >= 0.6 is 11.3 Å². The fourth-order valence-corrected chi connectivity index (χ4v) is 2.23. The van der Waals surface area contributed by atoms with E-state index in [0.717, 1.165) is 4.88 Å². The highest BCUT2D eigenvalue weighted by Crippen LogP contribution is 2.28. The summed E-state index contributed by atoms with van der Waals surface area (Å²) >= 11 is 1.45. The van der Waals surface area contributed by atoms with Crippen molar-refractivity contribution in [3.63, 3.8) is 0 Å². The van der Waals surface area contributed by atoms with Gasteiger partial charge in [-0.25, -0.2) is 0 Å². The monoisotopic (exact) mass is 267 g/mol. The lowest BCUT2D eigenvalue weighted by molar-refractivity contribution is -0.150. The summed E-state index contributed by atoms with van der Waals surface area (Å²) in [6.45, 7) is 1.54. The van der Waals surface area contributed by atoms with Crippen molar-refractivity contribution in [1.29, 1.82) is 0 Å². The predicted molar refractivity (Wildman–Crippen MR) is 62.0 cm³/mol. The van der Waals surface area contributed by atoms with E-state index in [1.54, 1.807) is 0 Å². The number of thiophene rings is 1. The van der Waals surface area contributed by atoms with E-state index in [4.69, 9.17) is 10.5 Å². The molecule has 0 amide bonds. The predicted octanol–water partition coefficient (Wildman–Crippen LogP) is 3.50. The topological polar surface area (TPSA) is 35.2 Å². The Kier molecular flexibility index (Phi) is 5.42. The first-order valence-electron chi connectivity index (χ1n) is 5.41. The van der Waals surface area contributed by atoms with Gasteiger partial charge < -0.3 is 10.5 Å². The second-order valence-corrected chi connectivity index (χ2v) is 4.72. The first-order valence-corrected chi connectivity index (χ1v) is 6.29. The van der Waals surface area contributed by atoms with E-state index in [2.05, 4.69) is 0 Å². The van der Waals surface area contributed by atoms with Crippen LogP contribution in [0.5, 0.6) is 0 Å². The molecular formula is C11H16F3NOS. The molecule has 0 bridgehead atoms. The van der Waals surface area contributed by atoms with Gasteiger partial charge in [-0.15, -0.1) is 11.3 Å². The van der Waals surface area contributed by atoms with Gasteiger partial charge in [0.15, 0.2) is 0 Å². The van der Waals surface area contributed by atoms with Crippen molar-refractivity contribution in [2.24, 2.45) is 5.73 Å². The Morgan fingerprint density at radius 3 is 2.65 bits per heavy atom. The van der Waals surface area contributed by atoms with Crippen molar-refractivity contribution in [2.45, 2.75) is 38.1 Å². The maximum absolute atomic E-state index is 12.0. The van der Waals surface area contributed by atoms with Gasteiger partial charge in [0.1, 0.15) is 6.10 Å². The van der Waals surface area contributed by atoms with Crippen LogP contribution in [0.1, 0.15) is 30.7 Å². The highest BCUT2D eigenvalue weighted by atomic mass is 32.1. The molecule has 98 valence electrons. The number of hydrogen-bond acceptors (Lipinski definition) is 3. The molecule has 6 heteroatoms. The molecule has 0 aliphatic rings. The Morgan fingerprint density at radius 1 is 1.47 bits per heavy atom. The third-order valence-corrected chi connectivity index (χ3v) is 3.30. The molecule has 0 aliphatic carbocycles. The fourth-order valence-electron chi connectivity index (χ4n) is 1.39. The van der Waals surface area contributed by atoms with Gasteiger partial charge in [-0.2, -0.15) is 13.2 Å². The molecule has 17 heavy (non-hydrogen) atoms. The summed E-state index contributed by atoms with van der Waals surface area (Å²) in [4.78, 5) is 0.876. The Labute approximate surface area is 103 Å². The summed E-state index contributed by atoms with van der Waals surface area (Å²) in [5, 5.41) is 1.86. The maximum atomic E-state index is 12.0. The number of ether oxygens (including phenoxy) is 1. The molecular weight excluding hydrogens is 251 g/mol. The molecule has 1 heterocycles. The molecule has 0 aliphatic heterocycles. The number of rotatable bonds is 6. The molecule has 0 spiro atoms. The van der Waals surface area contributed by atoms with E-state index >= 15 is 0 Å². The molecule has 0 saturated heterocycles. The number of alkyl halides is 3. The van der Waals surface area contributed by atoms with Crippen LogP contribution in [0, 0.1) is 0 Å². The molecule has 0 fully saturated rings. The van der Waals surface area contributed by atoms with Gasteiger partial charge in [0.25, 0.3) is 0 Å². The molecule has 1 rings (SSSR count). The first kappa shape index (κ1) is 14.5. The minimum Gasteiger partial charge on any atom is -0.371 e. The third kappa shape index (κ3) is 5.06. The zero-order chi connectivity index (χ0) is 12.9. The SMILES string of the molecule is CCC(N)C(OCCC(F)(F)F)c1cccs1. The second kappa shape index (κ2) is 6.37. The highest BCUT2D eigenvalue weighted by molar-refractivity contribution is 7.10. The molecule has 0 aromatic carbocycles. The molecule has 2 unspecified atom stereocenters. The van der Waals surface area contributed by atoms with Crippen molar-refractivity contribution in [2.75, 3.05) is 6.61 Å². The molecule has 2 atom stereocenters. The minimum atomic E-state index is -4.18. The average Bonchev–Trinajstić information content (AvgIpc) is 2.75. The van der Waals surface area contributed by atoms with Gasteiger partial charge in [0, 0.05) is 10.9 Å². The normalized spacial score (nSPS) is 15.8. The van der Waals surface area contributed by atoms with Crippen LogP contribution in [0.15, 0.2) is 17.5 Å². The second-order valence-electron chi connectivity index (χ2n) is 3.74. The van der Waals surface area contributed by atoms with E-state index in [9.17, 15) is 13.2 Å². The van der Waals surface area contributed by atoms with Crippen LogP contribution in [-0.4, -0.2) is 18.8 Å². The van der Waals surface area contributed by atoms with Crippen LogP contribution in [-0.2, 0) is 4.74 Å². The fraction of sp³-hybridized carbons (Fsp3) is 0.636. The smallest absolute Gasteiger partial charge is 0.371 e. The Bertz CT molecular complexity index is 313. The lowest BCUT2D eigenvalue weighted by Gasteiger charge is -2.22. The summed E-state index contributed by atoms with van der Waals surface area (Å²) < 4.78 is 41.3. The first-order chi connectivity index (χ1) is 7.94. The largest absolute Gasteiger partial charge is 0.391 e. The maximum Gasteiger partial charge on any atom is 0.391 e. The van der Waals surface area contributed by atoms with E-state index in [1.807, 2.05) is 24.4 Å². The van der Waals surface area contributed by atoms with Crippen molar-refractivity contribution >= 4 is 11.3 Å². The van der Waals surface area contributed by atoms with Crippen molar-refractivity contribution in [1.82, 2.24) is 0 Å². The minimum absolute atomic E-state index is 0.276. The third-order valence-electron chi connectivity index (χ3n) is 2.37. The number of hydrogen-bond donors (Lipinski definition) is 1. The Morgan fingerprint density at radius 2 is 2.18 bits per heavy atom. The summed E-state index contributed by atoms with van der Waals surface area (Å²) in [6.07, 6.45) is -4.90. The van der Waals surface area contributed by atoms with Crippen LogP contribution < -0.4 is 5.73 Å². The summed E-state index contributed by atoms with van der Waals surface area (Å²) in [7, 11) is 0. The quantitative estimate of drug-likeness (QED) is 0.856. The lowest BCUT2D eigenvalue weighted by Crippen LogP contribution is -2.30. The summed E-state index contributed by atoms with van der Waals surface area (Å²) in [5.74, 6) is 0. The van der Waals surface area contributed by atoms with Crippen molar-refractivity contribution in [3.8, 4) is 0 Å². The van der Waals surface area contributed by atoms with Crippen LogP contribution in [0.4, 0.5) is 13.2 Å². The van der Waals surface area contributed by atoms with Crippen molar-refractivity contribution in [3.05, 3.63) is 22.4 Å². The molecule has 0 saturated carbocycles. The van der Waals surface area contributed by atoms with E-state index in [-0.39, 0.29) is 12.6 Å². The van der Waals surface area contributed by atoms with Gasteiger partial charge in [-0.1, -0.05) is 13.0 Å². The lowest BCUT2D eigenvalue weighted by atomic mass is 10.1. The van der Waals surface area contributed by atoms with Crippen LogP contribution in [0.3, 0.4) is 0 Å². The van der Waals surface area contributed by atoms with Gasteiger partial charge >= 0.3 is 6.18 Å². The van der Waals surface area contributed by atoms with E-state index in [0.29, 0.717) is 6.42 Å². The van der Waals surface area contributed by atoms with Gasteiger partial charge in [-0.05, 0) is 17.9 Å². The molecule has 2 N–H and O–H groups in total. The highest BCUT2D eigenvalue weighted by Gasteiger charge is 2.28. The zero-order valence-electron chi connectivity index (χ0n) is 9.54. The standard InChI is InChI=1S/C11H16F3NOS/c1-2-8(15)10(9-4-3-7-17-9)16-6-5-11(12,13)14/h3-4,7-8,10H,2,5-6,15H2,1H3. The van der Waals surface area contributed by atoms with E-state index in [1.165, 1.54) is 11.3 Å². The summed E-state index contributed by atoms with van der Waals surface area (Å²) in [6, 6.07) is 3.39. The van der Waals surface area contributed by atoms with E-state index < -0.39 is 18.7 Å². The molecule has 2 nitrogen and oxygen atoms in total. The van der Waals surface area contributed by atoms with Gasteiger partial charge in [-0.3, -0.25) is 0 Å². The van der Waals surface area contributed by atoms with Gasteiger partial charge in [0.2, 0.25) is 0 Å². The summed E-state index contributed by atoms with van der Waals surface area (Å²) in [5.41, 5.74) is 5.86. The molecule has 0 radical (unpaired) electrons.